The van der Waals surface area contributed by atoms with Crippen LogP contribution in [0, 0.1) is 11.3 Å². The molecule has 0 spiro atoms. The molecular formula is C27H17F3N4O3S2. The minimum absolute atomic E-state index is 0.115. The number of ether oxygens (including phenoxy) is 1. The number of benzene rings is 3. The van der Waals surface area contributed by atoms with Crippen molar-refractivity contribution in [2.75, 3.05) is 7.11 Å². The Hall–Kier alpha value is -4.34. The number of rotatable bonds is 6. The quantitative estimate of drug-likeness (QED) is 0.238. The van der Waals surface area contributed by atoms with Crippen LogP contribution in [0.3, 0.4) is 0 Å². The molecule has 0 saturated heterocycles. The maximum Gasteiger partial charge on any atom is 0.416 e. The third-order valence-corrected chi connectivity index (χ3v) is 8.56. The zero-order valence-electron chi connectivity index (χ0n) is 20.1. The summed E-state index contributed by atoms with van der Waals surface area (Å²) in [6, 6.07) is 16.1. The van der Waals surface area contributed by atoms with Crippen molar-refractivity contribution in [3.05, 3.63) is 88.5 Å². The van der Waals surface area contributed by atoms with Gasteiger partial charge in [0.05, 0.1) is 34.9 Å². The molecule has 0 aliphatic rings. The maximum atomic E-state index is 13.0. The van der Waals surface area contributed by atoms with Gasteiger partial charge in [-0.25, -0.2) is 8.42 Å². The molecule has 0 radical (unpaired) electrons. The summed E-state index contributed by atoms with van der Waals surface area (Å²) in [5.41, 5.74) is 2.62. The summed E-state index contributed by atoms with van der Waals surface area (Å²) in [5.74, 6) is 0.0724. The molecule has 0 atom stereocenters. The summed E-state index contributed by atoms with van der Waals surface area (Å²) in [6.45, 7) is 0. The van der Waals surface area contributed by atoms with E-state index in [2.05, 4.69) is 21.3 Å². The average Bonchev–Trinajstić information content (AvgIpc) is 3.43. The predicted octanol–water partition coefficient (Wildman–Crippen LogP) is 6.29. The van der Waals surface area contributed by atoms with E-state index in [1.807, 2.05) is 0 Å². The van der Waals surface area contributed by atoms with Gasteiger partial charge in [0.25, 0.3) is 0 Å². The molecule has 0 fully saturated rings. The van der Waals surface area contributed by atoms with Crippen LogP contribution < -0.4 is 4.74 Å². The molecule has 0 unspecified atom stereocenters. The number of sulfone groups is 1. The monoisotopic (exact) mass is 566 g/mol. The normalized spacial score (nSPS) is 11.9. The lowest BCUT2D eigenvalue weighted by molar-refractivity contribution is -0.137. The summed E-state index contributed by atoms with van der Waals surface area (Å²) in [4.78, 5) is 4.59. The van der Waals surface area contributed by atoms with Crippen molar-refractivity contribution >= 4 is 31.9 Å². The Bertz CT molecular complexity index is 1830. The van der Waals surface area contributed by atoms with E-state index in [1.165, 1.54) is 37.0 Å². The average molecular weight is 567 g/mol. The van der Waals surface area contributed by atoms with Gasteiger partial charge in [0.15, 0.2) is 9.84 Å². The number of nitrogens with zero attached hydrogens (tertiary/aromatic N) is 4. The molecule has 3 aromatic carbocycles. The first-order valence-electron chi connectivity index (χ1n) is 11.3. The number of pyridine rings is 1. The number of fused-ring (bicyclic) bond motifs is 1. The molecule has 39 heavy (non-hydrogen) atoms. The molecule has 0 amide bonds. The summed E-state index contributed by atoms with van der Waals surface area (Å²) in [5, 5.41) is 19.0. The van der Waals surface area contributed by atoms with E-state index in [0.29, 0.717) is 43.9 Å². The molecule has 2 aromatic heterocycles. The third-order valence-electron chi connectivity index (χ3n) is 6.05. The highest BCUT2D eigenvalue weighted by Crippen LogP contribution is 2.40. The van der Waals surface area contributed by atoms with Crippen LogP contribution in [0.4, 0.5) is 13.2 Å². The zero-order valence-corrected chi connectivity index (χ0v) is 21.7. The fourth-order valence-electron chi connectivity index (χ4n) is 4.17. The molecule has 7 nitrogen and oxygen atoms in total. The SMILES string of the molecule is COc1cc(-c2ccc(C(F)(F)F)cc2)c(C#N)cc1-c1nccc2cc(S(=O)(=O)Cc3nncs3)ccc12. The second-order valence-corrected chi connectivity index (χ2v) is 11.3. The van der Waals surface area contributed by atoms with Crippen LogP contribution in [-0.4, -0.2) is 30.7 Å². The van der Waals surface area contributed by atoms with Crippen molar-refractivity contribution in [1.82, 2.24) is 15.2 Å². The van der Waals surface area contributed by atoms with Gasteiger partial charge in [-0.1, -0.05) is 18.2 Å². The Morgan fingerprint density at radius 3 is 2.44 bits per heavy atom. The standard InChI is InChI=1S/C27H17F3N4O3S2/c1-37-24-12-22(16-2-4-19(5-3-16)27(28,29)30)18(13-31)11-23(24)26-21-7-6-20(10-17(21)8-9-32-26)39(35,36)14-25-34-33-15-38-25/h2-12,15H,14H2,1H3. The van der Waals surface area contributed by atoms with Gasteiger partial charge in [-0.2, -0.15) is 18.4 Å². The molecule has 196 valence electrons. The lowest BCUT2D eigenvalue weighted by atomic mass is 9.94. The topological polar surface area (TPSA) is 106 Å². The van der Waals surface area contributed by atoms with Crippen molar-refractivity contribution in [2.24, 2.45) is 0 Å². The molecule has 2 heterocycles. The molecule has 0 saturated carbocycles. The Balaban J connectivity index is 1.59. The second-order valence-electron chi connectivity index (χ2n) is 8.42. The fraction of sp³-hybridized carbons (Fsp3) is 0.111. The highest BCUT2D eigenvalue weighted by molar-refractivity contribution is 7.90. The molecule has 5 rings (SSSR count). The van der Waals surface area contributed by atoms with E-state index in [-0.39, 0.29) is 16.2 Å². The van der Waals surface area contributed by atoms with Gasteiger partial charge in [-0.3, -0.25) is 4.98 Å². The second kappa shape index (κ2) is 10.1. The third kappa shape index (κ3) is 5.19. The Labute approximate surface area is 225 Å². The van der Waals surface area contributed by atoms with Crippen LogP contribution in [0.15, 0.2) is 77.3 Å². The lowest BCUT2D eigenvalue weighted by Gasteiger charge is -2.15. The fourth-order valence-corrected chi connectivity index (χ4v) is 6.35. The van der Waals surface area contributed by atoms with Gasteiger partial charge in [0, 0.05) is 22.7 Å². The van der Waals surface area contributed by atoms with Crippen LogP contribution in [-0.2, 0) is 21.8 Å². The number of methoxy groups -OCH3 is 1. The van der Waals surface area contributed by atoms with Crippen LogP contribution in [0.5, 0.6) is 5.75 Å². The molecule has 0 aliphatic carbocycles. The van der Waals surface area contributed by atoms with E-state index >= 15 is 0 Å². The number of nitriles is 1. The number of hydrogen-bond acceptors (Lipinski definition) is 8. The Kier molecular flexibility index (Phi) is 6.80. The lowest BCUT2D eigenvalue weighted by Crippen LogP contribution is -2.05. The minimum atomic E-state index is -4.48. The molecule has 0 N–H and O–H groups in total. The number of halogens is 3. The molecule has 5 aromatic rings. The Morgan fingerprint density at radius 1 is 1.03 bits per heavy atom. The van der Waals surface area contributed by atoms with Crippen molar-refractivity contribution in [1.29, 1.82) is 5.26 Å². The smallest absolute Gasteiger partial charge is 0.416 e. The van der Waals surface area contributed by atoms with Crippen molar-refractivity contribution < 1.29 is 26.3 Å². The maximum absolute atomic E-state index is 13.0. The zero-order chi connectivity index (χ0) is 27.8. The highest BCUT2D eigenvalue weighted by Gasteiger charge is 2.30. The van der Waals surface area contributed by atoms with E-state index in [0.717, 1.165) is 23.5 Å². The number of hydrogen-bond donors (Lipinski definition) is 0. The summed E-state index contributed by atoms with van der Waals surface area (Å²) in [6.07, 6.45) is -2.95. The molecule has 12 heteroatoms. The van der Waals surface area contributed by atoms with Crippen molar-refractivity contribution in [3.8, 4) is 34.2 Å². The molecule has 0 aliphatic heterocycles. The van der Waals surface area contributed by atoms with Crippen LogP contribution >= 0.6 is 11.3 Å². The molecular weight excluding hydrogens is 549 g/mol. The molecule has 0 bridgehead atoms. The van der Waals surface area contributed by atoms with Gasteiger partial charge < -0.3 is 4.74 Å². The van der Waals surface area contributed by atoms with Gasteiger partial charge >= 0.3 is 6.18 Å². The Morgan fingerprint density at radius 2 is 1.79 bits per heavy atom. The van der Waals surface area contributed by atoms with Crippen molar-refractivity contribution in [2.45, 2.75) is 16.8 Å². The minimum Gasteiger partial charge on any atom is -0.496 e. The first-order chi connectivity index (χ1) is 18.6. The first-order valence-corrected chi connectivity index (χ1v) is 13.8. The number of alkyl halides is 3. The van der Waals surface area contributed by atoms with E-state index in [1.54, 1.807) is 30.3 Å². The van der Waals surface area contributed by atoms with Gasteiger partial charge in [-0.15, -0.1) is 21.5 Å². The van der Waals surface area contributed by atoms with Gasteiger partial charge in [0.1, 0.15) is 22.0 Å². The van der Waals surface area contributed by atoms with E-state index in [4.69, 9.17) is 4.74 Å². The summed E-state index contributed by atoms with van der Waals surface area (Å²) >= 11 is 1.15. The summed E-state index contributed by atoms with van der Waals surface area (Å²) in [7, 11) is -2.24. The van der Waals surface area contributed by atoms with E-state index < -0.39 is 21.6 Å². The largest absolute Gasteiger partial charge is 0.496 e. The number of aromatic nitrogens is 3. The summed E-state index contributed by atoms with van der Waals surface area (Å²) < 4.78 is 70.5. The first kappa shape index (κ1) is 26.3. The van der Waals surface area contributed by atoms with Crippen molar-refractivity contribution in [3.63, 3.8) is 0 Å². The van der Waals surface area contributed by atoms with Crippen LogP contribution in [0.1, 0.15) is 16.1 Å². The predicted molar refractivity (Wildman–Crippen MR) is 140 cm³/mol. The van der Waals surface area contributed by atoms with Crippen LogP contribution in [0.25, 0.3) is 33.2 Å². The van der Waals surface area contributed by atoms with Gasteiger partial charge in [0.2, 0.25) is 0 Å². The van der Waals surface area contributed by atoms with E-state index in [9.17, 15) is 26.9 Å². The van der Waals surface area contributed by atoms with Crippen LogP contribution in [0.2, 0.25) is 0 Å². The van der Waals surface area contributed by atoms with Gasteiger partial charge in [-0.05, 0) is 53.4 Å². The highest BCUT2D eigenvalue weighted by atomic mass is 32.2.